The lowest BCUT2D eigenvalue weighted by molar-refractivity contribution is 0.940. The Hall–Kier alpha value is -0.880. The molecule has 0 spiro atoms. The molecule has 0 bridgehead atoms. The molecule has 0 atom stereocenters. The number of aryl methyl sites for hydroxylation is 1. The molecule has 16 heavy (non-hydrogen) atoms. The normalized spacial score (nSPS) is 9.81. The molecule has 1 heterocycles. The van der Waals surface area contributed by atoms with Crippen LogP contribution in [0.25, 0.3) is 0 Å². The van der Waals surface area contributed by atoms with Gasteiger partial charge in [0.1, 0.15) is 0 Å². The van der Waals surface area contributed by atoms with Crippen molar-refractivity contribution in [2.75, 3.05) is 25.1 Å². The summed E-state index contributed by atoms with van der Waals surface area (Å²) in [4.78, 5) is 8.24. The molecule has 0 aliphatic heterocycles. The first-order valence-electron chi connectivity index (χ1n) is 5.11. The van der Waals surface area contributed by atoms with Crippen molar-refractivity contribution in [1.29, 1.82) is 0 Å². The van der Waals surface area contributed by atoms with Gasteiger partial charge in [0.05, 0.1) is 5.69 Å². The molecule has 1 aromatic rings. The zero-order chi connectivity index (χ0) is 11.6. The van der Waals surface area contributed by atoms with Crippen LogP contribution in [0.15, 0.2) is 18.6 Å². The molecule has 0 aromatic carbocycles. The molecular weight excluding hydrogens is 240 g/mol. The second-order valence-electron chi connectivity index (χ2n) is 3.07. The zero-order valence-corrected chi connectivity index (χ0v) is 10.9. The highest BCUT2D eigenvalue weighted by atomic mass is 32.2. The molecule has 0 fully saturated rings. The van der Waals surface area contributed by atoms with Crippen molar-refractivity contribution in [2.24, 2.45) is 0 Å². The fourth-order valence-electron chi connectivity index (χ4n) is 1.06. The van der Waals surface area contributed by atoms with Crippen LogP contribution in [-0.4, -0.2) is 40.2 Å². The lowest BCUT2D eigenvalue weighted by Crippen LogP contribution is -2.33. The van der Waals surface area contributed by atoms with Gasteiger partial charge < -0.3 is 10.6 Å². The van der Waals surface area contributed by atoms with Gasteiger partial charge in [-0.15, -0.1) is 0 Å². The van der Waals surface area contributed by atoms with Crippen molar-refractivity contribution in [3.63, 3.8) is 0 Å². The Labute approximate surface area is 106 Å². The highest BCUT2D eigenvalue weighted by molar-refractivity contribution is 7.99. The van der Waals surface area contributed by atoms with Gasteiger partial charge in [-0.25, -0.2) is 0 Å². The van der Waals surface area contributed by atoms with Crippen LogP contribution in [0.4, 0.5) is 0 Å². The predicted octanol–water partition coefficient (Wildman–Crippen LogP) is 0.846. The second kappa shape index (κ2) is 8.29. The van der Waals surface area contributed by atoms with Gasteiger partial charge in [0.2, 0.25) is 0 Å². The fourth-order valence-corrected chi connectivity index (χ4v) is 1.97. The Kier molecular flexibility index (Phi) is 6.83. The van der Waals surface area contributed by atoms with Crippen LogP contribution < -0.4 is 10.6 Å². The summed E-state index contributed by atoms with van der Waals surface area (Å²) in [5, 5.41) is 6.68. The molecule has 2 N–H and O–H groups in total. The van der Waals surface area contributed by atoms with Gasteiger partial charge in [0, 0.05) is 44.4 Å². The van der Waals surface area contributed by atoms with Gasteiger partial charge in [0.15, 0.2) is 5.11 Å². The Morgan fingerprint density at radius 1 is 1.44 bits per heavy atom. The number of rotatable bonds is 6. The minimum Gasteiger partial charge on any atom is -0.366 e. The molecule has 4 nitrogen and oxygen atoms in total. The predicted molar refractivity (Wildman–Crippen MR) is 72.7 cm³/mol. The van der Waals surface area contributed by atoms with Crippen molar-refractivity contribution in [2.45, 2.75) is 6.42 Å². The summed E-state index contributed by atoms with van der Waals surface area (Å²) in [5.41, 5.74) is 1.05. The number of thioether (sulfide) groups is 1. The summed E-state index contributed by atoms with van der Waals surface area (Å²) in [6.07, 6.45) is 6.20. The van der Waals surface area contributed by atoms with E-state index in [4.69, 9.17) is 12.2 Å². The van der Waals surface area contributed by atoms with Crippen molar-refractivity contribution < 1.29 is 0 Å². The molecule has 0 unspecified atom stereocenters. The van der Waals surface area contributed by atoms with E-state index in [9.17, 15) is 0 Å². The monoisotopic (exact) mass is 256 g/mol. The SMILES string of the molecule is CNC(=S)NCCSCCc1cnccn1. The van der Waals surface area contributed by atoms with E-state index in [1.807, 2.05) is 25.0 Å². The number of hydrogen-bond donors (Lipinski definition) is 2. The summed E-state index contributed by atoms with van der Waals surface area (Å²) in [6, 6.07) is 0. The van der Waals surface area contributed by atoms with Gasteiger partial charge in [-0.05, 0) is 18.0 Å². The largest absolute Gasteiger partial charge is 0.366 e. The van der Waals surface area contributed by atoms with Gasteiger partial charge in [0.25, 0.3) is 0 Å². The van der Waals surface area contributed by atoms with Crippen molar-refractivity contribution in [3.05, 3.63) is 24.3 Å². The Bertz CT molecular complexity index is 305. The van der Waals surface area contributed by atoms with Crippen molar-refractivity contribution in [1.82, 2.24) is 20.6 Å². The standard InChI is InChI=1S/C10H16N4S2/c1-11-10(15)14-5-7-16-6-2-9-8-12-3-4-13-9/h3-4,8H,2,5-7H2,1H3,(H2,11,14,15). The quantitative estimate of drug-likeness (QED) is 0.581. The van der Waals surface area contributed by atoms with E-state index in [1.165, 1.54) is 0 Å². The van der Waals surface area contributed by atoms with E-state index < -0.39 is 0 Å². The molecule has 1 aromatic heterocycles. The van der Waals surface area contributed by atoms with Crippen molar-refractivity contribution >= 4 is 29.1 Å². The van der Waals surface area contributed by atoms with Crippen LogP contribution in [-0.2, 0) is 6.42 Å². The minimum absolute atomic E-state index is 0.703. The van der Waals surface area contributed by atoms with Gasteiger partial charge in [-0.2, -0.15) is 11.8 Å². The third kappa shape index (κ3) is 5.87. The number of aromatic nitrogens is 2. The summed E-state index contributed by atoms with van der Waals surface area (Å²) in [5.74, 6) is 2.11. The van der Waals surface area contributed by atoms with E-state index in [1.54, 1.807) is 12.4 Å². The molecule has 0 radical (unpaired) electrons. The molecule has 0 aliphatic rings. The van der Waals surface area contributed by atoms with Gasteiger partial charge in [-0.1, -0.05) is 0 Å². The van der Waals surface area contributed by atoms with Crippen LogP contribution >= 0.6 is 24.0 Å². The fraction of sp³-hybridized carbons (Fsp3) is 0.500. The van der Waals surface area contributed by atoms with E-state index in [2.05, 4.69) is 20.6 Å². The number of nitrogens with zero attached hydrogens (tertiary/aromatic N) is 2. The topological polar surface area (TPSA) is 49.8 Å². The van der Waals surface area contributed by atoms with Crippen LogP contribution in [0.1, 0.15) is 5.69 Å². The molecule has 1 rings (SSSR count). The van der Waals surface area contributed by atoms with Gasteiger partial charge >= 0.3 is 0 Å². The first kappa shape index (κ1) is 13.2. The summed E-state index contributed by atoms with van der Waals surface area (Å²) in [6.45, 7) is 0.894. The molecular formula is C10H16N4S2. The Morgan fingerprint density at radius 2 is 2.31 bits per heavy atom. The molecule has 6 heteroatoms. The second-order valence-corrected chi connectivity index (χ2v) is 4.70. The highest BCUT2D eigenvalue weighted by Gasteiger charge is 1.95. The zero-order valence-electron chi connectivity index (χ0n) is 9.27. The molecule has 0 saturated carbocycles. The third-order valence-corrected chi connectivity index (χ3v) is 3.21. The van der Waals surface area contributed by atoms with E-state index in [0.29, 0.717) is 5.11 Å². The van der Waals surface area contributed by atoms with E-state index >= 15 is 0 Å². The van der Waals surface area contributed by atoms with Crippen LogP contribution in [0, 0.1) is 0 Å². The molecule has 0 aliphatic carbocycles. The number of nitrogens with one attached hydrogen (secondary N) is 2. The maximum atomic E-state index is 4.96. The average Bonchev–Trinajstić information content (AvgIpc) is 2.34. The number of hydrogen-bond acceptors (Lipinski definition) is 4. The molecule has 88 valence electrons. The van der Waals surface area contributed by atoms with Crippen LogP contribution in [0.3, 0.4) is 0 Å². The Balaban J connectivity index is 1.98. The third-order valence-electron chi connectivity index (χ3n) is 1.88. The molecule has 0 amide bonds. The first-order chi connectivity index (χ1) is 7.83. The summed E-state index contributed by atoms with van der Waals surface area (Å²) >= 11 is 6.84. The smallest absolute Gasteiger partial charge is 0.166 e. The van der Waals surface area contributed by atoms with Crippen molar-refractivity contribution in [3.8, 4) is 0 Å². The van der Waals surface area contributed by atoms with Crippen LogP contribution in [0.5, 0.6) is 0 Å². The van der Waals surface area contributed by atoms with Crippen LogP contribution in [0.2, 0.25) is 0 Å². The summed E-state index contributed by atoms with van der Waals surface area (Å²) in [7, 11) is 1.82. The highest BCUT2D eigenvalue weighted by Crippen LogP contribution is 2.02. The van der Waals surface area contributed by atoms with E-state index in [-0.39, 0.29) is 0 Å². The Morgan fingerprint density at radius 3 is 3.00 bits per heavy atom. The minimum atomic E-state index is 0.703. The maximum Gasteiger partial charge on any atom is 0.166 e. The lowest BCUT2D eigenvalue weighted by atomic mass is 10.4. The number of thiocarbonyl (C=S) groups is 1. The van der Waals surface area contributed by atoms with Gasteiger partial charge in [-0.3, -0.25) is 9.97 Å². The average molecular weight is 256 g/mol. The summed E-state index contributed by atoms with van der Waals surface area (Å²) < 4.78 is 0. The molecule has 0 saturated heterocycles. The first-order valence-corrected chi connectivity index (χ1v) is 6.67. The maximum absolute atomic E-state index is 4.96. The lowest BCUT2D eigenvalue weighted by Gasteiger charge is -2.06. The van der Waals surface area contributed by atoms with E-state index in [0.717, 1.165) is 30.2 Å².